The van der Waals surface area contributed by atoms with Crippen molar-refractivity contribution in [2.75, 3.05) is 9.80 Å². The summed E-state index contributed by atoms with van der Waals surface area (Å²) in [6.45, 7) is 0.340. The van der Waals surface area contributed by atoms with Crippen LogP contribution in [0.25, 0.3) is 10.2 Å². The number of hydrogen-bond donors (Lipinski definition) is 0. The number of rotatable bonds is 5. The van der Waals surface area contributed by atoms with Crippen LogP contribution in [0.4, 0.5) is 10.8 Å². The quantitative estimate of drug-likeness (QED) is 0.323. The second-order valence-corrected chi connectivity index (χ2v) is 9.58. The van der Waals surface area contributed by atoms with Crippen molar-refractivity contribution in [3.8, 4) is 0 Å². The Kier molecular flexibility index (Phi) is 5.78. The molecular weight excluding hydrogens is 502 g/mol. The molecule has 8 heteroatoms. The van der Waals surface area contributed by atoms with E-state index >= 15 is 0 Å². The maximum atomic E-state index is 13.7. The molecular formula is C25H18BrN3O3S. The van der Waals surface area contributed by atoms with E-state index in [-0.39, 0.29) is 30.6 Å². The van der Waals surface area contributed by atoms with Crippen LogP contribution in [-0.2, 0) is 16.1 Å². The fraction of sp³-hybridized carbons (Fsp3) is 0.120. The predicted octanol–water partition coefficient (Wildman–Crippen LogP) is 5.56. The van der Waals surface area contributed by atoms with Crippen LogP contribution in [-0.4, -0.2) is 22.7 Å². The van der Waals surface area contributed by atoms with E-state index in [0.29, 0.717) is 22.9 Å². The summed E-state index contributed by atoms with van der Waals surface area (Å²) in [5, 5.41) is 0.579. The Hall–Kier alpha value is -3.36. The number of benzene rings is 3. The van der Waals surface area contributed by atoms with E-state index in [4.69, 9.17) is 4.98 Å². The second kappa shape index (κ2) is 8.88. The molecule has 2 heterocycles. The summed E-state index contributed by atoms with van der Waals surface area (Å²) in [6.07, 6.45) is 0.386. The van der Waals surface area contributed by atoms with Crippen LogP contribution in [0.2, 0.25) is 0 Å². The lowest BCUT2D eigenvalue weighted by Crippen LogP contribution is -2.31. The van der Waals surface area contributed by atoms with Gasteiger partial charge >= 0.3 is 0 Å². The van der Waals surface area contributed by atoms with Crippen molar-refractivity contribution in [1.82, 2.24) is 4.98 Å². The van der Waals surface area contributed by atoms with Crippen LogP contribution < -0.4 is 9.80 Å². The molecule has 1 aliphatic heterocycles. The van der Waals surface area contributed by atoms with Crippen LogP contribution in [0.1, 0.15) is 28.8 Å². The van der Waals surface area contributed by atoms with Gasteiger partial charge in [-0.3, -0.25) is 24.2 Å². The predicted molar refractivity (Wildman–Crippen MR) is 132 cm³/mol. The third-order valence-electron chi connectivity index (χ3n) is 5.40. The highest BCUT2D eigenvalue weighted by Crippen LogP contribution is 2.33. The molecule has 4 aromatic rings. The number of imide groups is 1. The lowest BCUT2D eigenvalue weighted by atomic mass is 10.1. The van der Waals surface area contributed by atoms with Gasteiger partial charge in [-0.2, -0.15) is 0 Å². The van der Waals surface area contributed by atoms with E-state index in [1.165, 1.54) is 11.3 Å². The number of anilines is 2. The highest BCUT2D eigenvalue weighted by atomic mass is 79.9. The Labute approximate surface area is 202 Å². The number of amides is 3. The first-order chi connectivity index (χ1) is 16.0. The first-order valence-electron chi connectivity index (χ1n) is 10.4. The van der Waals surface area contributed by atoms with Crippen molar-refractivity contribution in [3.63, 3.8) is 0 Å². The number of carbonyl (C=O) groups excluding carboxylic acids is 3. The van der Waals surface area contributed by atoms with Crippen LogP contribution in [0.15, 0.2) is 77.3 Å². The van der Waals surface area contributed by atoms with Gasteiger partial charge in [-0.25, -0.2) is 4.98 Å². The normalized spacial score (nSPS) is 13.7. The van der Waals surface area contributed by atoms with Crippen LogP contribution >= 0.6 is 27.3 Å². The number of fused-ring (bicyclic) bond motifs is 1. The fourth-order valence-electron chi connectivity index (χ4n) is 3.79. The molecule has 0 unspecified atom stereocenters. The summed E-state index contributed by atoms with van der Waals surface area (Å²) in [4.78, 5) is 45.6. The largest absolute Gasteiger partial charge is 0.279 e. The molecule has 0 saturated carbocycles. The molecule has 5 rings (SSSR count). The molecule has 33 heavy (non-hydrogen) atoms. The number of carbonyl (C=O) groups is 3. The SMILES string of the molecule is O=C(c1cccc(N2C(=O)CCC2=O)c1)N(Cc1ccccc1)c1nc2ccc(Br)cc2s1. The van der Waals surface area contributed by atoms with E-state index in [1.807, 2.05) is 48.5 Å². The van der Waals surface area contributed by atoms with Crippen molar-refractivity contribution in [1.29, 1.82) is 0 Å². The van der Waals surface area contributed by atoms with Gasteiger partial charge in [0, 0.05) is 22.9 Å². The molecule has 3 amide bonds. The van der Waals surface area contributed by atoms with E-state index in [9.17, 15) is 14.4 Å². The van der Waals surface area contributed by atoms with E-state index in [0.717, 1.165) is 25.2 Å². The van der Waals surface area contributed by atoms with Gasteiger partial charge in [0.05, 0.1) is 22.4 Å². The maximum absolute atomic E-state index is 13.7. The monoisotopic (exact) mass is 519 g/mol. The standard InChI is InChI=1S/C25H18BrN3O3S/c26-18-9-10-20-21(14-18)33-25(27-20)28(15-16-5-2-1-3-6-16)24(32)17-7-4-8-19(13-17)29-22(30)11-12-23(29)31/h1-10,13-14H,11-12,15H2. The summed E-state index contributed by atoms with van der Waals surface area (Å²) in [5.41, 5.74) is 2.58. The zero-order valence-electron chi connectivity index (χ0n) is 17.4. The molecule has 0 atom stereocenters. The highest BCUT2D eigenvalue weighted by Gasteiger charge is 2.31. The fourth-order valence-corrected chi connectivity index (χ4v) is 5.31. The number of hydrogen-bond acceptors (Lipinski definition) is 5. The molecule has 164 valence electrons. The van der Waals surface area contributed by atoms with Crippen molar-refractivity contribution in [3.05, 3.63) is 88.4 Å². The molecule has 0 spiro atoms. The molecule has 1 aliphatic rings. The van der Waals surface area contributed by atoms with Crippen LogP contribution in [0.5, 0.6) is 0 Å². The number of halogens is 1. The van der Waals surface area contributed by atoms with Gasteiger partial charge in [-0.1, -0.05) is 63.7 Å². The molecule has 1 saturated heterocycles. The maximum Gasteiger partial charge on any atom is 0.260 e. The number of aromatic nitrogens is 1. The van der Waals surface area contributed by atoms with Gasteiger partial charge < -0.3 is 0 Å². The zero-order valence-corrected chi connectivity index (χ0v) is 19.8. The minimum atomic E-state index is -0.252. The molecule has 6 nitrogen and oxygen atoms in total. The molecule has 0 aliphatic carbocycles. The van der Waals surface area contributed by atoms with Crippen molar-refractivity contribution < 1.29 is 14.4 Å². The average Bonchev–Trinajstić information content (AvgIpc) is 3.39. The smallest absolute Gasteiger partial charge is 0.260 e. The summed E-state index contributed by atoms with van der Waals surface area (Å²) >= 11 is 4.92. The lowest BCUT2D eigenvalue weighted by molar-refractivity contribution is -0.121. The number of nitrogens with zero attached hydrogens (tertiary/aromatic N) is 3. The van der Waals surface area contributed by atoms with Gasteiger partial charge in [-0.15, -0.1) is 0 Å². The summed E-state index contributed by atoms with van der Waals surface area (Å²) in [6, 6.07) is 22.2. The third kappa shape index (κ3) is 4.31. The van der Waals surface area contributed by atoms with Gasteiger partial charge in [0.1, 0.15) is 0 Å². The topological polar surface area (TPSA) is 70.6 Å². The Morgan fingerprint density at radius 3 is 2.48 bits per heavy atom. The summed E-state index contributed by atoms with van der Waals surface area (Å²) in [7, 11) is 0. The second-order valence-electron chi connectivity index (χ2n) is 7.66. The van der Waals surface area contributed by atoms with Gasteiger partial charge in [0.25, 0.3) is 5.91 Å². The lowest BCUT2D eigenvalue weighted by Gasteiger charge is -2.21. The molecule has 0 radical (unpaired) electrons. The summed E-state index contributed by atoms with van der Waals surface area (Å²) < 4.78 is 1.91. The van der Waals surface area contributed by atoms with Gasteiger partial charge in [0.2, 0.25) is 11.8 Å². The average molecular weight is 520 g/mol. The Morgan fingerprint density at radius 2 is 1.73 bits per heavy atom. The highest BCUT2D eigenvalue weighted by molar-refractivity contribution is 9.10. The van der Waals surface area contributed by atoms with E-state index in [2.05, 4.69) is 15.9 Å². The van der Waals surface area contributed by atoms with Crippen molar-refractivity contribution in [2.24, 2.45) is 0 Å². The van der Waals surface area contributed by atoms with Gasteiger partial charge in [0.15, 0.2) is 5.13 Å². The zero-order chi connectivity index (χ0) is 22.9. The first kappa shape index (κ1) is 21.5. The molecule has 0 bridgehead atoms. The van der Waals surface area contributed by atoms with Crippen LogP contribution in [0.3, 0.4) is 0 Å². The van der Waals surface area contributed by atoms with Crippen molar-refractivity contribution >= 4 is 66.0 Å². The molecule has 0 N–H and O–H groups in total. The molecule has 1 aromatic heterocycles. The van der Waals surface area contributed by atoms with Crippen LogP contribution in [0, 0.1) is 0 Å². The Bertz CT molecular complexity index is 1370. The minimum absolute atomic E-state index is 0.193. The Morgan fingerprint density at radius 1 is 0.970 bits per heavy atom. The van der Waals surface area contributed by atoms with E-state index in [1.54, 1.807) is 29.2 Å². The third-order valence-corrected chi connectivity index (χ3v) is 6.94. The first-order valence-corrected chi connectivity index (χ1v) is 12.0. The Balaban J connectivity index is 1.54. The number of thiazole rings is 1. The van der Waals surface area contributed by atoms with Crippen molar-refractivity contribution in [2.45, 2.75) is 19.4 Å². The molecule has 1 fully saturated rings. The molecule has 3 aromatic carbocycles. The minimum Gasteiger partial charge on any atom is -0.279 e. The summed E-state index contributed by atoms with van der Waals surface area (Å²) in [5.74, 6) is -0.747. The van der Waals surface area contributed by atoms with E-state index < -0.39 is 0 Å². The van der Waals surface area contributed by atoms with Gasteiger partial charge in [-0.05, 0) is 42.0 Å².